The lowest BCUT2D eigenvalue weighted by Crippen LogP contribution is -2.31. The number of methoxy groups -OCH3 is 1. The maximum atomic E-state index is 13.0. The molecule has 3 aromatic rings. The molecule has 0 aliphatic heterocycles. The fraction of sp³-hybridized carbons (Fsp3) is 0.304. The van der Waals surface area contributed by atoms with E-state index in [0.717, 1.165) is 25.1 Å². The van der Waals surface area contributed by atoms with Crippen LogP contribution in [0.1, 0.15) is 12.0 Å². The Morgan fingerprint density at radius 3 is 2.32 bits per heavy atom. The molecule has 0 aliphatic rings. The van der Waals surface area contributed by atoms with Crippen molar-refractivity contribution in [2.75, 3.05) is 45.3 Å². The number of carbonyl (C=O) groups excluding carboxylic acids is 1. The maximum Gasteiger partial charge on any atom is 0.416 e. The van der Waals surface area contributed by atoms with E-state index in [-0.39, 0.29) is 11.5 Å². The average Bonchev–Trinajstić information content (AvgIpc) is 3.12. The van der Waals surface area contributed by atoms with Crippen molar-refractivity contribution in [3.8, 4) is 22.7 Å². The summed E-state index contributed by atoms with van der Waals surface area (Å²) in [6, 6.07) is 10.9. The van der Waals surface area contributed by atoms with Crippen LogP contribution in [0, 0.1) is 0 Å². The number of carbonyl (C=O) groups is 1. The fourth-order valence-electron chi connectivity index (χ4n) is 3.25. The van der Waals surface area contributed by atoms with E-state index in [4.69, 9.17) is 10.5 Å². The van der Waals surface area contributed by atoms with E-state index >= 15 is 0 Å². The number of hydrogen-bond acceptors (Lipinski definition) is 5. The van der Waals surface area contributed by atoms with Crippen molar-refractivity contribution in [1.29, 1.82) is 0 Å². The van der Waals surface area contributed by atoms with E-state index in [1.54, 1.807) is 31.4 Å². The fourth-order valence-corrected chi connectivity index (χ4v) is 3.25. The molecule has 182 valence electrons. The smallest absolute Gasteiger partial charge is 0.416 e. The molecular weight excluding hydrogens is 449 g/mol. The Morgan fingerprint density at radius 2 is 1.76 bits per heavy atom. The van der Waals surface area contributed by atoms with Crippen LogP contribution in [0.4, 0.5) is 29.5 Å². The van der Waals surface area contributed by atoms with Crippen LogP contribution in [0.15, 0.2) is 48.5 Å². The standard InChI is InChI=1S/C23H27F3N6O2/c1-31(2)14-4-13-28-22(33)29-20-19(15-5-11-18(34-3)12-6-15)30-32(21(20)27)17-9-7-16(8-10-17)23(24,25)26/h5-12H,4,13-14,27H2,1-3H3,(H2,28,29,33). The summed E-state index contributed by atoms with van der Waals surface area (Å²) in [5.41, 5.74) is 7.09. The monoisotopic (exact) mass is 476 g/mol. The third kappa shape index (κ3) is 5.98. The summed E-state index contributed by atoms with van der Waals surface area (Å²) in [6.45, 7) is 1.26. The van der Waals surface area contributed by atoms with Crippen LogP contribution < -0.4 is 21.1 Å². The van der Waals surface area contributed by atoms with Gasteiger partial charge in [-0.2, -0.15) is 18.3 Å². The molecule has 0 aliphatic carbocycles. The first-order chi connectivity index (χ1) is 16.1. The van der Waals surface area contributed by atoms with Crippen molar-refractivity contribution in [2.24, 2.45) is 0 Å². The van der Waals surface area contributed by atoms with E-state index in [1.807, 2.05) is 19.0 Å². The lowest BCUT2D eigenvalue weighted by Gasteiger charge is -2.11. The molecule has 0 saturated heterocycles. The second kappa shape index (κ2) is 10.5. The van der Waals surface area contributed by atoms with Crippen LogP contribution in [0.2, 0.25) is 0 Å². The predicted octanol–water partition coefficient (Wildman–Crippen LogP) is 4.22. The Balaban J connectivity index is 1.93. The van der Waals surface area contributed by atoms with Gasteiger partial charge in [-0.1, -0.05) is 0 Å². The van der Waals surface area contributed by atoms with E-state index in [1.165, 1.54) is 16.8 Å². The zero-order chi connectivity index (χ0) is 24.9. The highest BCUT2D eigenvalue weighted by molar-refractivity contribution is 5.97. The summed E-state index contributed by atoms with van der Waals surface area (Å²) in [4.78, 5) is 14.5. The van der Waals surface area contributed by atoms with Crippen LogP contribution in [-0.2, 0) is 6.18 Å². The molecule has 0 unspecified atom stereocenters. The third-order valence-corrected chi connectivity index (χ3v) is 5.03. The van der Waals surface area contributed by atoms with Crippen LogP contribution in [0.3, 0.4) is 0 Å². The van der Waals surface area contributed by atoms with Crippen LogP contribution in [-0.4, -0.2) is 55.0 Å². The van der Waals surface area contributed by atoms with Gasteiger partial charge in [0.25, 0.3) is 0 Å². The van der Waals surface area contributed by atoms with Gasteiger partial charge in [0, 0.05) is 12.1 Å². The summed E-state index contributed by atoms with van der Waals surface area (Å²) < 4.78 is 45.3. The summed E-state index contributed by atoms with van der Waals surface area (Å²) in [5, 5.41) is 10.00. The predicted molar refractivity (Wildman–Crippen MR) is 125 cm³/mol. The van der Waals surface area contributed by atoms with Gasteiger partial charge in [0.15, 0.2) is 5.82 Å². The first-order valence-electron chi connectivity index (χ1n) is 10.5. The Labute approximate surface area is 195 Å². The molecule has 4 N–H and O–H groups in total. The quantitative estimate of drug-likeness (QED) is 0.423. The van der Waals surface area contributed by atoms with Gasteiger partial charge in [-0.25, -0.2) is 9.48 Å². The number of hydrogen-bond donors (Lipinski definition) is 3. The number of benzene rings is 2. The second-order valence-electron chi connectivity index (χ2n) is 7.83. The van der Waals surface area contributed by atoms with Gasteiger partial charge in [0.05, 0.1) is 18.4 Å². The minimum Gasteiger partial charge on any atom is -0.497 e. The highest BCUT2D eigenvalue weighted by Gasteiger charge is 2.30. The average molecular weight is 477 g/mol. The molecule has 0 saturated carbocycles. The number of nitrogens with one attached hydrogen (secondary N) is 2. The Kier molecular flexibility index (Phi) is 7.67. The largest absolute Gasteiger partial charge is 0.497 e. The van der Waals surface area contributed by atoms with Crippen molar-refractivity contribution in [3.05, 3.63) is 54.1 Å². The molecule has 1 heterocycles. The number of nitrogens with two attached hydrogens (primary N) is 1. The van der Waals surface area contributed by atoms with E-state index in [0.29, 0.717) is 29.2 Å². The van der Waals surface area contributed by atoms with Crippen LogP contribution >= 0.6 is 0 Å². The summed E-state index contributed by atoms with van der Waals surface area (Å²) in [6.07, 6.45) is -3.70. The molecular formula is C23H27F3N6O2. The molecule has 1 aromatic heterocycles. The van der Waals surface area contributed by atoms with Gasteiger partial charge in [0.2, 0.25) is 0 Å². The number of urea groups is 1. The van der Waals surface area contributed by atoms with E-state index < -0.39 is 17.8 Å². The highest BCUT2D eigenvalue weighted by atomic mass is 19.4. The zero-order valence-corrected chi connectivity index (χ0v) is 19.1. The Hall–Kier alpha value is -3.73. The molecule has 0 spiro atoms. The number of halogens is 3. The number of anilines is 2. The summed E-state index contributed by atoms with van der Waals surface area (Å²) >= 11 is 0. The van der Waals surface area contributed by atoms with Crippen molar-refractivity contribution < 1.29 is 22.7 Å². The van der Waals surface area contributed by atoms with Crippen LogP contribution in [0.25, 0.3) is 16.9 Å². The highest BCUT2D eigenvalue weighted by Crippen LogP contribution is 2.36. The molecule has 0 radical (unpaired) electrons. The SMILES string of the molecule is COc1ccc(-c2nn(-c3ccc(C(F)(F)F)cc3)c(N)c2NC(=O)NCCCN(C)C)cc1. The summed E-state index contributed by atoms with van der Waals surface area (Å²) in [5.74, 6) is 0.709. The van der Waals surface area contributed by atoms with Gasteiger partial charge in [0.1, 0.15) is 17.1 Å². The van der Waals surface area contributed by atoms with Crippen molar-refractivity contribution in [1.82, 2.24) is 20.0 Å². The molecule has 0 atom stereocenters. The number of alkyl halides is 3. The minimum absolute atomic E-state index is 0.0778. The lowest BCUT2D eigenvalue weighted by molar-refractivity contribution is -0.137. The van der Waals surface area contributed by atoms with Crippen molar-refractivity contribution in [3.63, 3.8) is 0 Å². The van der Waals surface area contributed by atoms with Crippen LogP contribution in [0.5, 0.6) is 5.75 Å². The molecule has 8 nitrogen and oxygen atoms in total. The van der Waals surface area contributed by atoms with Gasteiger partial charge >= 0.3 is 12.2 Å². The van der Waals surface area contributed by atoms with Crippen molar-refractivity contribution >= 4 is 17.5 Å². The number of amides is 2. The second-order valence-corrected chi connectivity index (χ2v) is 7.83. The topological polar surface area (TPSA) is 97.4 Å². The van der Waals surface area contributed by atoms with E-state index in [2.05, 4.69) is 15.7 Å². The molecule has 0 fully saturated rings. The molecule has 34 heavy (non-hydrogen) atoms. The number of nitrogen functional groups attached to an aromatic ring is 1. The Morgan fingerprint density at radius 1 is 1.12 bits per heavy atom. The van der Waals surface area contributed by atoms with Gasteiger partial charge in [-0.05, 0) is 75.6 Å². The number of aromatic nitrogens is 2. The number of ether oxygens (including phenoxy) is 1. The molecule has 2 aromatic carbocycles. The van der Waals surface area contributed by atoms with Gasteiger partial charge in [-0.15, -0.1) is 0 Å². The molecule has 3 rings (SSSR count). The zero-order valence-electron chi connectivity index (χ0n) is 19.1. The van der Waals surface area contributed by atoms with Crippen molar-refractivity contribution in [2.45, 2.75) is 12.6 Å². The minimum atomic E-state index is -4.46. The molecule has 0 bridgehead atoms. The molecule has 2 amide bonds. The van der Waals surface area contributed by atoms with Gasteiger partial charge < -0.3 is 26.0 Å². The molecule has 11 heteroatoms. The first-order valence-corrected chi connectivity index (χ1v) is 10.5. The maximum absolute atomic E-state index is 13.0. The number of nitrogens with zero attached hydrogens (tertiary/aromatic N) is 3. The van der Waals surface area contributed by atoms with E-state index in [9.17, 15) is 18.0 Å². The third-order valence-electron chi connectivity index (χ3n) is 5.03. The number of rotatable bonds is 8. The lowest BCUT2D eigenvalue weighted by atomic mass is 10.1. The first kappa shape index (κ1) is 24.9. The summed E-state index contributed by atoms with van der Waals surface area (Å²) in [7, 11) is 5.43. The Bertz CT molecular complexity index is 1110. The normalized spacial score (nSPS) is 11.5. The van der Waals surface area contributed by atoms with Gasteiger partial charge in [-0.3, -0.25) is 0 Å².